The molecule has 0 spiro atoms. The molecular formula is C48H57F3N6O6S. The van der Waals surface area contributed by atoms with Gasteiger partial charge in [0.15, 0.2) is 0 Å². The van der Waals surface area contributed by atoms with E-state index in [2.05, 4.69) is 20.6 Å². The van der Waals surface area contributed by atoms with Gasteiger partial charge >= 0.3 is 0 Å². The van der Waals surface area contributed by atoms with Gasteiger partial charge in [0.2, 0.25) is 17.7 Å². The predicted molar refractivity (Wildman–Crippen MR) is 240 cm³/mol. The van der Waals surface area contributed by atoms with Crippen LogP contribution in [0.15, 0.2) is 66.2 Å². The molecule has 4 N–H and O–H groups in total. The number of hydrogen-bond donors (Lipinski definition) is 4. The fourth-order valence-electron chi connectivity index (χ4n) is 8.77. The summed E-state index contributed by atoms with van der Waals surface area (Å²) in [5.41, 5.74) is 4.38. The zero-order chi connectivity index (χ0) is 46.1. The third-order valence-electron chi connectivity index (χ3n) is 11.8. The topological polar surface area (TPSA) is 149 Å². The van der Waals surface area contributed by atoms with Gasteiger partial charge in [-0.05, 0) is 62.3 Å². The summed E-state index contributed by atoms with van der Waals surface area (Å²) < 4.78 is 58.6. The first-order valence-electron chi connectivity index (χ1n) is 21.6. The van der Waals surface area contributed by atoms with E-state index in [9.17, 15) is 19.5 Å². The number of ether oxygens (including phenoxy) is 2. The fraction of sp³-hybridized carbons (Fsp3) is 0.458. The van der Waals surface area contributed by atoms with Crippen molar-refractivity contribution in [2.24, 2.45) is 5.41 Å². The Kier molecular flexibility index (Phi) is 13.9. The summed E-state index contributed by atoms with van der Waals surface area (Å²) in [5, 5.41) is 17.2. The van der Waals surface area contributed by atoms with E-state index in [-0.39, 0.29) is 56.6 Å². The molecule has 2 aliphatic rings. The number of aromatic nitrogens is 2. The van der Waals surface area contributed by atoms with Crippen LogP contribution in [-0.2, 0) is 32.1 Å². The molecule has 4 heterocycles. The highest BCUT2D eigenvalue weighted by atomic mass is 32.1. The standard InChI is InChI=1S/C48H57F3N6O6S/c1-27-18-34-33-10-8-9-11-37(33)54-41(34)42(57(27)25-48(6,7)51)40-35(49)20-32(21-36(40)50)63-17-16-62-24-39(59)55-44(47(3,4)5)46(61)56-23-31(58)19-38(56)45(60)52-22-29-12-14-30(15-13-29)43-28(2)53-26-64-43/h8-15,20-21,26-27,31,38,42,44,54,58H,16-19,22-25H2,1-7H3,(H,52,60)(H,55,59)/t27-,31-,38+,42-,44-/m1/s1. The number of nitrogens with zero attached hydrogens (tertiary/aromatic N) is 3. The van der Waals surface area contributed by atoms with E-state index in [1.54, 1.807) is 42.5 Å². The highest BCUT2D eigenvalue weighted by Crippen LogP contribution is 2.44. The molecule has 16 heteroatoms. The summed E-state index contributed by atoms with van der Waals surface area (Å²) in [5.74, 6) is -3.33. The van der Waals surface area contributed by atoms with Crippen molar-refractivity contribution in [2.45, 2.75) is 104 Å². The van der Waals surface area contributed by atoms with Crippen molar-refractivity contribution in [1.82, 2.24) is 30.4 Å². The SMILES string of the molecule is Cc1ncsc1-c1ccc(CNC(=O)[C@@H]2C[C@@H](O)CN2C(=O)[C@@H](NC(=O)COCCOc2cc(F)c([C@@H]3c4[nH]c5ccccc5c4C[C@@H](C)N3CC(C)(C)F)c(F)c2)C(C)(C)C)cc1. The molecule has 2 aliphatic heterocycles. The molecule has 7 rings (SSSR count). The Labute approximate surface area is 375 Å². The van der Waals surface area contributed by atoms with Crippen LogP contribution in [0.5, 0.6) is 5.75 Å². The number of hydrogen-bond acceptors (Lipinski definition) is 9. The molecule has 1 saturated heterocycles. The number of thiazole rings is 1. The van der Waals surface area contributed by atoms with Crippen LogP contribution in [0.4, 0.5) is 13.2 Å². The van der Waals surface area contributed by atoms with Gasteiger partial charge in [-0.15, -0.1) is 11.3 Å². The number of aromatic amines is 1. The molecule has 0 saturated carbocycles. The summed E-state index contributed by atoms with van der Waals surface area (Å²) in [4.78, 5) is 52.5. The highest BCUT2D eigenvalue weighted by molar-refractivity contribution is 7.13. The van der Waals surface area contributed by atoms with Crippen LogP contribution in [0.1, 0.15) is 82.1 Å². The minimum atomic E-state index is -1.64. The third kappa shape index (κ3) is 10.5. The summed E-state index contributed by atoms with van der Waals surface area (Å²) in [6, 6.07) is 14.5. The lowest BCUT2D eigenvalue weighted by Gasteiger charge is -2.43. The van der Waals surface area contributed by atoms with Gasteiger partial charge in [0, 0.05) is 66.4 Å². The number of fused-ring (bicyclic) bond motifs is 3. The molecule has 0 unspecified atom stereocenters. The first kappa shape index (κ1) is 46.7. The maximum Gasteiger partial charge on any atom is 0.246 e. The van der Waals surface area contributed by atoms with Crippen molar-refractivity contribution in [3.05, 3.63) is 106 Å². The first-order chi connectivity index (χ1) is 30.3. The summed E-state index contributed by atoms with van der Waals surface area (Å²) in [6.07, 6.45) is -0.298. The minimum Gasteiger partial charge on any atom is -0.491 e. The second kappa shape index (κ2) is 19.0. The molecule has 0 aliphatic carbocycles. The van der Waals surface area contributed by atoms with Gasteiger partial charge in [-0.1, -0.05) is 63.2 Å². The monoisotopic (exact) mass is 902 g/mol. The molecule has 12 nitrogen and oxygen atoms in total. The highest BCUT2D eigenvalue weighted by Gasteiger charge is 2.45. The molecule has 3 amide bonds. The molecular weight excluding hydrogens is 846 g/mol. The van der Waals surface area contributed by atoms with E-state index in [1.165, 1.54) is 18.7 Å². The zero-order valence-corrected chi connectivity index (χ0v) is 38.1. The number of aliphatic hydroxyl groups excluding tert-OH is 1. The number of carbonyl (C=O) groups is 3. The van der Waals surface area contributed by atoms with Crippen LogP contribution in [-0.4, -0.2) is 105 Å². The van der Waals surface area contributed by atoms with Gasteiger partial charge in [0.05, 0.1) is 34.8 Å². The first-order valence-corrected chi connectivity index (χ1v) is 22.5. The van der Waals surface area contributed by atoms with Gasteiger partial charge < -0.3 is 35.1 Å². The number of nitrogens with one attached hydrogen (secondary N) is 3. The van der Waals surface area contributed by atoms with E-state index in [0.717, 1.165) is 50.3 Å². The Morgan fingerprint density at radius 2 is 1.73 bits per heavy atom. The zero-order valence-electron chi connectivity index (χ0n) is 37.3. The van der Waals surface area contributed by atoms with Crippen molar-refractivity contribution < 1.29 is 42.1 Å². The van der Waals surface area contributed by atoms with Gasteiger partial charge in [0.25, 0.3) is 0 Å². The van der Waals surface area contributed by atoms with Crippen molar-refractivity contribution in [3.63, 3.8) is 0 Å². The number of H-pyrrole nitrogens is 1. The minimum absolute atomic E-state index is 0.0480. The average molecular weight is 903 g/mol. The fourth-order valence-corrected chi connectivity index (χ4v) is 9.58. The lowest BCUT2D eigenvalue weighted by Crippen LogP contribution is -2.58. The number of alkyl halides is 1. The number of likely N-dealkylation sites (tertiary alicyclic amines) is 1. The normalized spacial score (nSPS) is 19.7. The number of β-amino-alcohol motifs (C(OH)–C–C–N with tert-alkyl or cyclic N) is 1. The Balaban J connectivity index is 0.936. The molecule has 5 atom stereocenters. The average Bonchev–Trinajstić information content (AvgIpc) is 3.95. The van der Waals surface area contributed by atoms with Gasteiger partial charge in [-0.2, -0.15) is 0 Å². The van der Waals surface area contributed by atoms with Crippen LogP contribution in [0.3, 0.4) is 0 Å². The number of aliphatic hydroxyl groups is 1. The number of para-hydroxylation sites is 1. The molecule has 0 bridgehead atoms. The second-order valence-corrected chi connectivity index (χ2v) is 19.4. The van der Waals surface area contributed by atoms with E-state index in [4.69, 9.17) is 9.47 Å². The van der Waals surface area contributed by atoms with E-state index < -0.39 is 71.3 Å². The summed E-state index contributed by atoms with van der Waals surface area (Å²) in [6.45, 7) is 11.5. The summed E-state index contributed by atoms with van der Waals surface area (Å²) in [7, 11) is 0. The maximum absolute atomic E-state index is 16.1. The smallest absolute Gasteiger partial charge is 0.246 e. The summed E-state index contributed by atoms with van der Waals surface area (Å²) >= 11 is 1.55. The lowest BCUT2D eigenvalue weighted by molar-refractivity contribution is -0.144. The van der Waals surface area contributed by atoms with Gasteiger partial charge in [-0.3, -0.25) is 19.3 Å². The van der Waals surface area contributed by atoms with Crippen LogP contribution in [0.25, 0.3) is 21.3 Å². The number of benzene rings is 3. The Morgan fingerprint density at radius 3 is 2.39 bits per heavy atom. The van der Waals surface area contributed by atoms with Crippen molar-refractivity contribution in [1.29, 1.82) is 0 Å². The van der Waals surface area contributed by atoms with Crippen LogP contribution in [0.2, 0.25) is 0 Å². The van der Waals surface area contributed by atoms with E-state index in [1.807, 2.05) is 62.4 Å². The second-order valence-electron chi connectivity index (χ2n) is 18.6. The lowest BCUT2D eigenvalue weighted by atomic mass is 9.85. The molecule has 0 radical (unpaired) electrons. The number of carbonyl (C=O) groups excluding carboxylic acids is 3. The number of halogens is 3. The number of aryl methyl sites for hydroxylation is 1. The van der Waals surface area contributed by atoms with Gasteiger partial charge in [0.1, 0.15) is 48.4 Å². The van der Waals surface area contributed by atoms with Crippen molar-refractivity contribution in [2.75, 3.05) is 32.9 Å². The number of rotatable bonds is 15. The number of amides is 3. The molecule has 3 aromatic carbocycles. The van der Waals surface area contributed by atoms with Crippen molar-refractivity contribution in [3.8, 4) is 16.2 Å². The largest absolute Gasteiger partial charge is 0.491 e. The Hall–Kier alpha value is -5.29. The Bertz CT molecular complexity index is 2460. The van der Waals surface area contributed by atoms with Crippen LogP contribution < -0.4 is 15.4 Å². The quantitative estimate of drug-likeness (QED) is 0.0810. The third-order valence-corrected chi connectivity index (χ3v) is 12.8. The van der Waals surface area contributed by atoms with Gasteiger partial charge in [-0.25, -0.2) is 18.2 Å². The molecule has 64 heavy (non-hydrogen) atoms. The van der Waals surface area contributed by atoms with Crippen molar-refractivity contribution >= 4 is 40.0 Å². The molecule has 2 aromatic heterocycles. The molecule has 342 valence electrons. The van der Waals surface area contributed by atoms with E-state index >= 15 is 13.2 Å². The Morgan fingerprint density at radius 1 is 1.03 bits per heavy atom. The molecule has 5 aromatic rings. The maximum atomic E-state index is 16.1. The van der Waals surface area contributed by atoms with Crippen LogP contribution in [0, 0.1) is 24.0 Å². The predicted octanol–water partition coefficient (Wildman–Crippen LogP) is 7.17. The molecule has 1 fully saturated rings. The van der Waals surface area contributed by atoms with E-state index in [0.29, 0.717) is 12.1 Å². The van der Waals surface area contributed by atoms with Crippen LogP contribution >= 0.6 is 11.3 Å².